The third kappa shape index (κ3) is 3.98. The average molecular weight is 325 g/mol. The monoisotopic (exact) mass is 324 g/mol. The summed E-state index contributed by atoms with van der Waals surface area (Å²) in [7, 11) is 0. The largest absolute Gasteiger partial charge is 0.452 e. The molecule has 0 saturated carbocycles. The van der Waals surface area contributed by atoms with Crippen LogP contribution in [0.15, 0.2) is 24.3 Å². The first kappa shape index (κ1) is 16.3. The van der Waals surface area contributed by atoms with E-state index in [1.807, 2.05) is 0 Å². The van der Waals surface area contributed by atoms with Crippen LogP contribution in [0.2, 0.25) is 5.02 Å². The molecule has 0 bridgehead atoms. The smallest absolute Gasteiger partial charge is 0.340 e. The Morgan fingerprint density at radius 2 is 2.05 bits per heavy atom. The third-order valence-corrected chi connectivity index (χ3v) is 3.93. The van der Waals surface area contributed by atoms with E-state index in [1.54, 1.807) is 18.2 Å². The minimum absolute atomic E-state index is 0.214. The molecule has 7 heteroatoms. The first-order valence-electron chi connectivity index (χ1n) is 6.97. The molecule has 6 nitrogen and oxygen atoms in total. The van der Waals surface area contributed by atoms with Crippen LogP contribution in [0, 0.1) is 5.92 Å². The van der Waals surface area contributed by atoms with E-state index in [0.717, 1.165) is 0 Å². The number of benzene rings is 1. The topological polar surface area (TPSA) is 89.7 Å². The second-order valence-corrected chi connectivity index (χ2v) is 5.54. The molecule has 0 radical (unpaired) electrons. The highest BCUT2D eigenvalue weighted by Gasteiger charge is 2.27. The molecule has 2 amide bonds. The summed E-state index contributed by atoms with van der Waals surface area (Å²) in [5.41, 5.74) is 5.48. The molecule has 22 heavy (non-hydrogen) atoms. The van der Waals surface area contributed by atoms with Gasteiger partial charge in [-0.1, -0.05) is 23.7 Å². The maximum Gasteiger partial charge on any atom is 0.340 e. The van der Waals surface area contributed by atoms with Crippen molar-refractivity contribution < 1.29 is 19.1 Å². The number of nitrogens with two attached hydrogens (primary N) is 1. The van der Waals surface area contributed by atoms with Crippen molar-refractivity contribution in [3.63, 3.8) is 0 Å². The van der Waals surface area contributed by atoms with Crippen LogP contribution in [0.4, 0.5) is 0 Å². The van der Waals surface area contributed by atoms with Gasteiger partial charge >= 0.3 is 5.97 Å². The highest BCUT2D eigenvalue weighted by Crippen LogP contribution is 2.17. The number of nitrogens with zero attached hydrogens (tertiary/aromatic N) is 1. The van der Waals surface area contributed by atoms with Crippen molar-refractivity contribution in [3.8, 4) is 0 Å². The number of ether oxygens (including phenoxy) is 1. The first-order valence-corrected chi connectivity index (χ1v) is 7.35. The summed E-state index contributed by atoms with van der Waals surface area (Å²) in [5.74, 6) is -1.74. The van der Waals surface area contributed by atoms with Gasteiger partial charge in [0.05, 0.1) is 16.5 Å². The molecule has 0 unspecified atom stereocenters. The van der Waals surface area contributed by atoms with Crippen molar-refractivity contribution in [2.24, 2.45) is 11.7 Å². The number of amides is 2. The van der Waals surface area contributed by atoms with E-state index in [1.165, 1.54) is 11.0 Å². The van der Waals surface area contributed by atoms with E-state index >= 15 is 0 Å². The zero-order valence-electron chi connectivity index (χ0n) is 12.0. The van der Waals surface area contributed by atoms with Crippen LogP contribution in [-0.4, -0.2) is 42.4 Å². The van der Waals surface area contributed by atoms with Crippen LogP contribution in [0.3, 0.4) is 0 Å². The van der Waals surface area contributed by atoms with Gasteiger partial charge in [-0.05, 0) is 25.0 Å². The van der Waals surface area contributed by atoms with Crippen molar-refractivity contribution in [1.82, 2.24) is 4.90 Å². The van der Waals surface area contributed by atoms with Crippen molar-refractivity contribution in [3.05, 3.63) is 34.9 Å². The predicted octanol–water partition coefficient (Wildman–Crippen LogP) is 1.22. The van der Waals surface area contributed by atoms with Gasteiger partial charge in [0.15, 0.2) is 6.61 Å². The Bertz CT molecular complexity index is 591. The minimum atomic E-state index is -0.651. The van der Waals surface area contributed by atoms with Crippen LogP contribution >= 0.6 is 11.6 Å². The number of primary amides is 1. The average Bonchev–Trinajstić information content (AvgIpc) is 2.52. The predicted molar refractivity (Wildman–Crippen MR) is 80.2 cm³/mol. The van der Waals surface area contributed by atoms with Gasteiger partial charge in [-0.25, -0.2) is 4.79 Å². The fourth-order valence-corrected chi connectivity index (χ4v) is 2.57. The molecule has 1 saturated heterocycles. The fourth-order valence-electron chi connectivity index (χ4n) is 2.36. The number of hydrogen-bond acceptors (Lipinski definition) is 4. The van der Waals surface area contributed by atoms with Crippen LogP contribution in [0.25, 0.3) is 0 Å². The normalized spacial score (nSPS) is 17.9. The number of piperidine rings is 1. The van der Waals surface area contributed by atoms with Crippen LogP contribution in [0.5, 0.6) is 0 Å². The fraction of sp³-hybridized carbons (Fsp3) is 0.400. The molecule has 1 fully saturated rings. The van der Waals surface area contributed by atoms with Gasteiger partial charge < -0.3 is 15.4 Å². The van der Waals surface area contributed by atoms with E-state index < -0.39 is 11.9 Å². The van der Waals surface area contributed by atoms with E-state index in [2.05, 4.69) is 0 Å². The number of hydrogen-bond donors (Lipinski definition) is 1. The Kier molecular flexibility index (Phi) is 5.38. The summed E-state index contributed by atoms with van der Waals surface area (Å²) in [6.07, 6.45) is 1.39. The standard InChI is InChI=1S/C15H17ClN2O4/c16-12-6-2-1-5-11(12)15(21)22-9-13(19)18-7-3-4-10(8-18)14(17)20/h1-2,5-6,10H,3-4,7-9H2,(H2,17,20)/t10-/m1/s1. The SMILES string of the molecule is NC(=O)[C@@H]1CCCN(C(=O)COC(=O)c2ccccc2Cl)C1. The van der Waals surface area contributed by atoms with Crippen LogP contribution in [-0.2, 0) is 14.3 Å². The lowest BCUT2D eigenvalue weighted by molar-refractivity contribution is -0.137. The third-order valence-electron chi connectivity index (χ3n) is 3.60. The van der Waals surface area contributed by atoms with Crippen molar-refractivity contribution in [1.29, 1.82) is 0 Å². The Hall–Kier alpha value is -2.08. The highest BCUT2D eigenvalue weighted by molar-refractivity contribution is 6.33. The maximum absolute atomic E-state index is 12.1. The minimum Gasteiger partial charge on any atom is -0.452 e. The Morgan fingerprint density at radius 3 is 2.73 bits per heavy atom. The summed E-state index contributed by atoms with van der Waals surface area (Å²) in [4.78, 5) is 36.6. The van der Waals surface area contributed by atoms with Gasteiger partial charge in [0, 0.05) is 13.1 Å². The lowest BCUT2D eigenvalue weighted by Crippen LogP contribution is -2.45. The number of rotatable bonds is 4. The molecule has 1 aromatic rings. The van der Waals surface area contributed by atoms with Gasteiger partial charge in [-0.15, -0.1) is 0 Å². The van der Waals surface area contributed by atoms with Crippen molar-refractivity contribution >= 4 is 29.4 Å². The molecule has 1 aliphatic heterocycles. The molecule has 0 aliphatic carbocycles. The molecular weight excluding hydrogens is 308 g/mol. The second kappa shape index (κ2) is 7.26. The summed E-state index contributed by atoms with van der Waals surface area (Å²) >= 11 is 5.89. The highest BCUT2D eigenvalue weighted by atomic mass is 35.5. The Balaban J connectivity index is 1.89. The zero-order chi connectivity index (χ0) is 16.1. The van der Waals surface area contributed by atoms with Crippen LogP contribution in [0.1, 0.15) is 23.2 Å². The van der Waals surface area contributed by atoms with E-state index in [0.29, 0.717) is 19.4 Å². The molecule has 1 atom stereocenters. The second-order valence-electron chi connectivity index (χ2n) is 5.14. The molecule has 2 N–H and O–H groups in total. The first-order chi connectivity index (χ1) is 10.5. The lowest BCUT2D eigenvalue weighted by atomic mass is 9.97. The maximum atomic E-state index is 12.1. The molecular formula is C15H17ClN2O4. The summed E-state index contributed by atoms with van der Waals surface area (Å²) in [5, 5.41) is 0.270. The van der Waals surface area contributed by atoms with Gasteiger partial charge in [0.2, 0.25) is 5.91 Å². The van der Waals surface area contributed by atoms with Crippen LogP contribution < -0.4 is 5.73 Å². The summed E-state index contributed by atoms with van der Waals surface area (Å²) in [6, 6.07) is 6.45. The molecule has 118 valence electrons. The number of esters is 1. The lowest BCUT2D eigenvalue weighted by Gasteiger charge is -2.31. The van der Waals surface area contributed by atoms with Gasteiger partial charge in [0.1, 0.15) is 0 Å². The van der Waals surface area contributed by atoms with Gasteiger partial charge in [-0.3, -0.25) is 9.59 Å². The molecule has 1 aromatic carbocycles. The Labute approximate surface area is 133 Å². The van der Waals surface area contributed by atoms with E-state index in [9.17, 15) is 14.4 Å². The number of carbonyl (C=O) groups is 3. The van der Waals surface area contributed by atoms with Gasteiger partial charge in [0.25, 0.3) is 5.91 Å². The van der Waals surface area contributed by atoms with E-state index in [4.69, 9.17) is 22.1 Å². The molecule has 1 aliphatic rings. The van der Waals surface area contributed by atoms with Crippen molar-refractivity contribution in [2.75, 3.05) is 19.7 Å². The zero-order valence-corrected chi connectivity index (χ0v) is 12.7. The Morgan fingerprint density at radius 1 is 1.32 bits per heavy atom. The molecule has 0 spiro atoms. The van der Waals surface area contributed by atoms with Crippen molar-refractivity contribution in [2.45, 2.75) is 12.8 Å². The quantitative estimate of drug-likeness (QED) is 0.843. The molecule has 0 aromatic heterocycles. The number of likely N-dealkylation sites (tertiary alicyclic amines) is 1. The molecule has 1 heterocycles. The summed E-state index contributed by atoms with van der Waals surface area (Å²) in [6.45, 7) is 0.430. The number of halogens is 1. The number of carbonyl (C=O) groups excluding carboxylic acids is 3. The summed E-state index contributed by atoms with van der Waals surface area (Å²) < 4.78 is 4.99. The van der Waals surface area contributed by atoms with E-state index in [-0.39, 0.29) is 35.6 Å². The molecule has 2 rings (SSSR count). The van der Waals surface area contributed by atoms with Gasteiger partial charge in [-0.2, -0.15) is 0 Å².